The minimum absolute atomic E-state index is 0.0526. The number of hydrogen-bond acceptors (Lipinski definition) is 7. The lowest BCUT2D eigenvalue weighted by atomic mass is 10.1. The SMILES string of the molecule is CC[n+]1c2ccc(C(F)(F)F)cc2nc2c1c(=O)n(C)c(=O)n2C.[O-][Cl+3]([O-])([O-])[O-]. The van der Waals surface area contributed by atoms with Gasteiger partial charge in [0.15, 0.2) is 0 Å². The Balaban J connectivity index is 0.000000537. The Bertz CT molecular complexity index is 1190. The fourth-order valence-corrected chi connectivity index (χ4v) is 2.76. The van der Waals surface area contributed by atoms with Crippen LogP contribution >= 0.6 is 0 Å². The maximum atomic E-state index is 12.9. The second-order valence-corrected chi connectivity index (χ2v) is 6.57. The first-order valence-corrected chi connectivity index (χ1v) is 9.02. The van der Waals surface area contributed by atoms with Gasteiger partial charge in [-0.05, 0) is 19.1 Å². The van der Waals surface area contributed by atoms with E-state index >= 15 is 0 Å². The molecule has 0 saturated heterocycles. The van der Waals surface area contributed by atoms with Gasteiger partial charge in [0.2, 0.25) is 11.2 Å². The van der Waals surface area contributed by atoms with Gasteiger partial charge >= 0.3 is 22.9 Å². The van der Waals surface area contributed by atoms with Gasteiger partial charge in [-0.3, -0.25) is 13.9 Å². The van der Waals surface area contributed by atoms with Crippen LogP contribution in [0.2, 0.25) is 0 Å². The molecule has 0 saturated carbocycles. The molecule has 0 aliphatic rings. The number of hydrogen-bond donors (Lipinski definition) is 0. The van der Waals surface area contributed by atoms with E-state index in [0.29, 0.717) is 12.1 Å². The average molecular weight is 439 g/mol. The minimum atomic E-state index is -4.94. The van der Waals surface area contributed by atoms with Crippen LogP contribution in [0.1, 0.15) is 12.5 Å². The molecular formula is C15H14ClF3N4O6. The fraction of sp³-hybridized carbons (Fsp3) is 0.333. The molecule has 0 fully saturated rings. The van der Waals surface area contributed by atoms with Crippen molar-refractivity contribution in [1.82, 2.24) is 14.1 Å². The number of alkyl halides is 3. The number of halogens is 4. The summed E-state index contributed by atoms with van der Waals surface area (Å²) in [6.07, 6.45) is -4.50. The second-order valence-electron chi connectivity index (χ2n) is 5.81. The van der Waals surface area contributed by atoms with E-state index in [2.05, 4.69) is 4.98 Å². The number of rotatable bonds is 1. The largest absolute Gasteiger partial charge is 0.416 e. The molecule has 0 atom stereocenters. The average Bonchev–Trinajstić information content (AvgIpc) is 2.60. The van der Waals surface area contributed by atoms with Crippen molar-refractivity contribution in [3.05, 3.63) is 44.6 Å². The molecule has 2 heterocycles. The smallest absolute Gasteiger partial charge is 0.275 e. The van der Waals surface area contributed by atoms with Crippen molar-refractivity contribution in [3.63, 3.8) is 0 Å². The predicted molar refractivity (Wildman–Crippen MR) is 80.6 cm³/mol. The van der Waals surface area contributed by atoms with E-state index in [-0.39, 0.29) is 16.7 Å². The van der Waals surface area contributed by atoms with Crippen molar-refractivity contribution in [1.29, 1.82) is 0 Å². The number of fused-ring (bicyclic) bond motifs is 2. The highest BCUT2D eigenvalue weighted by Crippen LogP contribution is 2.30. The molecule has 29 heavy (non-hydrogen) atoms. The van der Waals surface area contributed by atoms with Crippen LogP contribution in [-0.2, 0) is 26.8 Å². The Morgan fingerprint density at radius 3 is 2.14 bits per heavy atom. The van der Waals surface area contributed by atoms with Crippen molar-refractivity contribution in [2.45, 2.75) is 19.6 Å². The summed E-state index contributed by atoms with van der Waals surface area (Å²) in [7, 11) is -2.17. The molecule has 0 aliphatic carbocycles. The summed E-state index contributed by atoms with van der Waals surface area (Å²) in [5, 5.41) is 0. The van der Waals surface area contributed by atoms with E-state index in [4.69, 9.17) is 18.6 Å². The Morgan fingerprint density at radius 2 is 1.66 bits per heavy atom. The van der Waals surface area contributed by atoms with Crippen LogP contribution in [0.3, 0.4) is 0 Å². The standard InChI is InChI=1S/C15H14F3N4O2.ClHO4/c1-4-22-10-6-5-8(15(16,17)18)7-9(10)19-12-11(22)13(23)21(3)14(24)20(12)2;2-1(3,4)5/h5-7H,4H2,1-3H3;(H,2,3,4,5)/q+1;/p-1. The molecule has 14 heteroatoms. The van der Waals surface area contributed by atoms with E-state index in [1.54, 1.807) is 11.5 Å². The molecular weight excluding hydrogens is 425 g/mol. The highest BCUT2D eigenvalue weighted by molar-refractivity contribution is 5.79. The van der Waals surface area contributed by atoms with Gasteiger partial charge in [-0.25, -0.2) is 28.4 Å². The summed E-state index contributed by atoms with van der Waals surface area (Å²) in [6.45, 7) is 2.11. The first kappa shape index (κ1) is 22.7. The Labute approximate surface area is 162 Å². The molecule has 10 nitrogen and oxygen atoms in total. The van der Waals surface area contributed by atoms with Crippen molar-refractivity contribution < 1.29 is 46.6 Å². The summed E-state index contributed by atoms with van der Waals surface area (Å²) in [5.74, 6) is 0. The van der Waals surface area contributed by atoms with Crippen LogP contribution in [-0.4, -0.2) is 14.1 Å². The third-order valence-electron chi connectivity index (χ3n) is 4.02. The van der Waals surface area contributed by atoms with Gasteiger partial charge in [0.05, 0.1) is 5.56 Å². The molecule has 1 aromatic carbocycles. The first-order valence-electron chi connectivity index (χ1n) is 7.79. The van der Waals surface area contributed by atoms with Crippen molar-refractivity contribution >= 4 is 22.2 Å². The molecule has 0 bridgehead atoms. The zero-order valence-corrected chi connectivity index (χ0v) is 15.9. The summed E-state index contributed by atoms with van der Waals surface area (Å²) < 4.78 is 76.4. The Kier molecular flexibility index (Phi) is 6.02. The number of aryl methyl sites for hydroxylation is 2. The van der Waals surface area contributed by atoms with Crippen molar-refractivity contribution in [2.24, 2.45) is 14.1 Å². The summed E-state index contributed by atoms with van der Waals surface area (Å²) >= 11 is 0. The van der Waals surface area contributed by atoms with Gasteiger partial charge in [-0.1, -0.05) is 0 Å². The molecule has 0 unspecified atom stereocenters. The minimum Gasteiger partial charge on any atom is -0.275 e. The summed E-state index contributed by atoms with van der Waals surface area (Å²) in [6, 6.07) is 3.16. The van der Waals surface area contributed by atoms with Gasteiger partial charge < -0.3 is 0 Å². The molecule has 0 N–H and O–H groups in total. The summed E-state index contributed by atoms with van der Waals surface area (Å²) in [5.41, 5.74) is -1.26. The van der Waals surface area contributed by atoms with Crippen LogP contribution < -0.4 is 34.5 Å². The van der Waals surface area contributed by atoms with Gasteiger partial charge in [0.1, 0.15) is 12.1 Å². The quantitative estimate of drug-likeness (QED) is 0.280. The van der Waals surface area contributed by atoms with Crippen LogP contribution in [0.25, 0.3) is 22.2 Å². The second kappa shape index (κ2) is 7.68. The van der Waals surface area contributed by atoms with Crippen LogP contribution in [0.15, 0.2) is 27.8 Å². The third kappa shape index (κ3) is 4.71. The van der Waals surface area contributed by atoms with Crippen LogP contribution in [0.4, 0.5) is 13.2 Å². The molecule has 0 spiro atoms. The van der Waals surface area contributed by atoms with E-state index in [9.17, 15) is 22.8 Å². The Morgan fingerprint density at radius 1 is 1.10 bits per heavy atom. The fourth-order valence-electron chi connectivity index (χ4n) is 2.76. The third-order valence-corrected chi connectivity index (χ3v) is 4.02. The molecule has 2 aromatic heterocycles. The van der Waals surface area contributed by atoms with Crippen molar-refractivity contribution in [3.8, 4) is 0 Å². The van der Waals surface area contributed by atoms with E-state index < -0.39 is 33.2 Å². The van der Waals surface area contributed by atoms with E-state index in [1.165, 1.54) is 20.2 Å². The Hall–Kier alpha value is -2.58. The molecule has 158 valence electrons. The van der Waals surface area contributed by atoms with Gasteiger partial charge in [0.25, 0.3) is 0 Å². The monoisotopic (exact) mass is 438 g/mol. The molecule has 0 aliphatic heterocycles. The zero-order chi connectivity index (χ0) is 22.3. The van der Waals surface area contributed by atoms with Crippen molar-refractivity contribution in [2.75, 3.05) is 0 Å². The lowest BCUT2D eigenvalue weighted by Crippen LogP contribution is -2.68. The highest BCUT2D eigenvalue weighted by Gasteiger charge is 2.32. The van der Waals surface area contributed by atoms with Gasteiger partial charge in [-0.15, -0.1) is 10.2 Å². The van der Waals surface area contributed by atoms with Gasteiger partial charge in [-0.2, -0.15) is 17.7 Å². The maximum Gasteiger partial charge on any atom is 0.416 e. The summed E-state index contributed by atoms with van der Waals surface area (Å²) in [4.78, 5) is 28.7. The highest BCUT2D eigenvalue weighted by atomic mass is 35.7. The predicted octanol–water partition coefficient (Wildman–Crippen LogP) is -3.64. The molecule has 3 aromatic rings. The van der Waals surface area contributed by atoms with E-state index in [1.807, 2.05) is 0 Å². The number of aromatic nitrogens is 4. The molecule has 0 amide bonds. The molecule has 0 radical (unpaired) electrons. The topological polar surface area (TPSA) is 153 Å². The molecule has 3 rings (SSSR count). The number of nitrogens with zero attached hydrogens (tertiary/aromatic N) is 4. The number of benzene rings is 1. The van der Waals surface area contributed by atoms with Crippen LogP contribution in [0.5, 0.6) is 0 Å². The van der Waals surface area contributed by atoms with E-state index in [0.717, 1.165) is 21.3 Å². The normalized spacial score (nSPS) is 12.2. The lowest BCUT2D eigenvalue weighted by Gasteiger charge is -2.17. The van der Waals surface area contributed by atoms with Gasteiger partial charge in [0, 0.05) is 20.2 Å². The maximum absolute atomic E-state index is 12.9. The first-order chi connectivity index (χ1) is 13.2. The lowest BCUT2D eigenvalue weighted by molar-refractivity contribution is -2.00. The van der Waals surface area contributed by atoms with Crippen LogP contribution in [0, 0.1) is 10.2 Å². The zero-order valence-electron chi connectivity index (χ0n) is 15.2.